The number of benzene rings is 1. The van der Waals surface area contributed by atoms with E-state index < -0.39 is 6.04 Å². The number of rotatable bonds is 7. The minimum Gasteiger partial charge on any atom is -0.383 e. The lowest BCUT2D eigenvalue weighted by Crippen LogP contribution is -2.46. The number of nitrogens with one attached hydrogen (secondary N) is 1. The molecule has 2 unspecified atom stereocenters. The van der Waals surface area contributed by atoms with Crippen molar-refractivity contribution in [2.45, 2.75) is 24.9 Å². The molecular weight excluding hydrogens is 266 g/mol. The molecule has 21 heavy (non-hydrogen) atoms. The second kappa shape index (κ2) is 8.12. The zero-order valence-corrected chi connectivity index (χ0v) is 12.6. The van der Waals surface area contributed by atoms with E-state index in [4.69, 9.17) is 10.5 Å². The van der Waals surface area contributed by atoms with E-state index in [1.165, 1.54) is 18.4 Å². The van der Waals surface area contributed by atoms with Gasteiger partial charge in [0.2, 0.25) is 5.91 Å². The molecule has 2 rings (SSSR count). The number of carbonyl (C=O) groups excluding carboxylic acids is 1. The molecule has 5 heteroatoms. The molecule has 116 valence electrons. The molecule has 1 heterocycles. The van der Waals surface area contributed by atoms with Crippen molar-refractivity contribution in [2.75, 3.05) is 33.4 Å². The minimum atomic E-state index is -0.606. The van der Waals surface area contributed by atoms with Crippen LogP contribution in [0.15, 0.2) is 30.3 Å². The molecule has 0 bridgehead atoms. The van der Waals surface area contributed by atoms with Gasteiger partial charge in [-0.3, -0.25) is 9.69 Å². The first-order valence-electron chi connectivity index (χ1n) is 7.53. The molecule has 3 N–H and O–H groups in total. The number of hydrogen-bond acceptors (Lipinski definition) is 4. The number of likely N-dealkylation sites (tertiary alicyclic amines) is 1. The summed E-state index contributed by atoms with van der Waals surface area (Å²) in [6, 6.07) is 9.93. The Morgan fingerprint density at radius 1 is 1.33 bits per heavy atom. The van der Waals surface area contributed by atoms with Crippen LogP contribution < -0.4 is 11.1 Å². The quantitative estimate of drug-likeness (QED) is 0.784. The maximum atomic E-state index is 11.9. The summed E-state index contributed by atoms with van der Waals surface area (Å²) in [6.07, 6.45) is 2.45. The Bertz CT molecular complexity index is 432. The summed E-state index contributed by atoms with van der Waals surface area (Å²) in [5.74, 6) is -0.156. The van der Waals surface area contributed by atoms with E-state index in [9.17, 15) is 4.79 Å². The van der Waals surface area contributed by atoms with Crippen LogP contribution in [-0.2, 0) is 9.53 Å². The van der Waals surface area contributed by atoms with Gasteiger partial charge in [-0.2, -0.15) is 0 Å². The number of hydrogen-bond donors (Lipinski definition) is 2. The summed E-state index contributed by atoms with van der Waals surface area (Å²) in [4.78, 5) is 14.4. The molecule has 1 saturated heterocycles. The second-order valence-electron chi connectivity index (χ2n) is 5.48. The van der Waals surface area contributed by atoms with Crippen molar-refractivity contribution >= 4 is 5.91 Å². The summed E-state index contributed by atoms with van der Waals surface area (Å²) in [7, 11) is 1.55. The van der Waals surface area contributed by atoms with Gasteiger partial charge in [-0.05, 0) is 31.5 Å². The van der Waals surface area contributed by atoms with Gasteiger partial charge in [-0.1, -0.05) is 30.3 Å². The van der Waals surface area contributed by atoms with Crippen LogP contribution in [0.3, 0.4) is 0 Å². The predicted molar refractivity (Wildman–Crippen MR) is 82.9 cm³/mol. The van der Waals surface area contributed by atoms with Crippen molar-refractivity contribution < 1.29 is 9.53 Å². The van der Waals surface area contributed by atoms with Gasteiger partial charge in [0.25, 0.3) is 0 Å². The molecule has 0 aliphatic carbocycles. The van der Waals surface area contributed by atoms with Crippen LogP contribution in [0.4, 0.5) is 0 Å². The van der Waals surface area contributed by atoms with Crippen molar-refractivity contribution in [1.29, 1.82) is 0 Å². The van der Waals surface area contributed by atoms with Gasteiger partial charge in [0.15, 0.2) is 0 Å². The van der Waals surface area contributed by atoms with Gasteiger partial charge in [-0.25, -0.2) is 0 Å². The third-order valence-corrected chi connectivity index (χ3v) is 3.92. The number of methoxy groups -OCH3 is 1. The van der Waals surface area contributed by atoms with Crippen LogP contribution in [0.5, 0.6) is 0 Å². The Morgan fingerprint density at radius 3 is 2.62 bits per heavy atom. The summed E-state index contributed by atoms with van der Waals surface area (Å²) in [5.41, 5.74) is 6.99. The zero-order valence-electron chi connectivity index (χ0n) is 12.6. The molecule has 1 aromatic rings. The first-order valence-corrected chi connectivity index (χ1v) is 7.53. The summed E-state index contributed by atoms with van der Waals surface area (Å²) < 4.78 is 4.92. The molecule has 0 aromatic heterocycles. The van der Waals surface area contributed by atoms with Crippen LogP contribution in [0, 0.1) is 0 Å². The van der Waals surface area contributed by atoms with E-state index in [0.717, 1.165) is 13.1 Å². The van der Waals surface area contributed by atoms with Crippen molar-refractivity contribution in [1.82, 2.24) is 10.2 Å². The predicted octanol–water partition coefficient (Wildman–Crippen LogP) is 0.913. The Hall–Kier alpha value is -1.43. The average Bonchev–Trinajstić information content (AvgIpc) is 3.03. The lowest BCUT2D eigenvalue weighted by atomic mass is 10.1. The summed E-state index contributed by atoms with van der Waals surface area (Å²) in [6.45, 7) is 2.99. The van der Waals surface area contributed by atoms with E-state index in [2.05, 4.69) is 22.3 Å². The van der Waals surface area contributed by atoms with Gasteiger partial charge in [0.1, 0.15) is 6.04 Å². The van der Waals surface area contributed by atoms with E-state index in [-0.39, 0.29) is 18.6 Å². The zero-order chi connectivity index (χ0) is 15.1. The highest BCUT2D eigenvalue weighted by atomic mass is 16.5. The van der Waals surface area contributed by atoms with Gasteiger partial charge >= 0.3 is 0 Å². The third kappa shape index (κ3) is 4.52. The van der Waals surface area contributed by atoms with Crippen molar-refractivity contribution in [3.63, 3.8) is 0 Å². The number of nitrogens with two attached hydrogens (primary N) is 1. The molecule has 0 radical (unpaired) electrons. The Morgan fingerprint density at radius 2 is 2.00 bits per heavy atom. The fourth-order valence-electron chi connectivity index (χ4n) is 2.77. The molecule has 0 spiro atoms. The SMILES string of the molecule is COCC(N)C(=O)NCC(c1ccccc1)N1CCCC1. The van der Waals surface area contributed by atoms with E-state index in [1.807, 2.05) is 18.2 Å². The molecule has 1 amide bonds. The minimum absolute atomic E-state index is 0.156. The third-order valence-electron chi connectivity index (χ3n) is 3.92. The van der Waals surface area contributed by atoms with Crippen LogP contribution >= 0.6 is 0 Å². The lowest BCUT2D eigenvalue weighted by molar-refractivity contribution is -0.123. The van der Waals surface area contributed by atoms with E-state index in [1.54, 1.807) is 7.11 Å². The van der Waals surface area contributed by atoms with Gasteiger partial charge < -0.3 is 15.8 Å². The first-order chi connectivity index (χ1) is 10.2. The maximum Gasteiger partial charge on any atom is 0.239 e. The average molecular weight is 291 g/mol. The van der Waals surface area contributed by atoms with Gasteiger partial charge in [-0.15, -0.1) is 0 Å². The number of nitrogens with zero attached hydrogens (tertiary/aromatic N) is 1. The molecule has 1 aliphatic rings. The Kier molecular flexibility index (Phi) is 6.17. The second-order valence-corrected chi connectivity index (χ2v) is 5.48. The topological polar surface area (TPSA) is 67.6 Å². The maximum absolute atomic E-state index is 11.9. The largest absolute Gasteiger partial charge is 0.383 e. The van der Waals surface area contributed by atoms with E-state index in [0.29, 0.717) is 6.54 Å². The smallest absolute Gasteiger partial charge is 0.239 e. The van der Waals surface area contributed by atoms with Gasteiger partial charge in [0, 0.05) is 13.7 Å². The first kappa shape index (κ1) is 15.9. The lowest BCUT2D eigenvalue weighted by Gasteiger charge is -2.28. The Balaban J connectivity index is 1.98. The molecule has 0 saturated carbocycles. The molecule has 1 fully saturated rings. The van der Waals surface area contributed by atoms with Gasteiger partial charge in [0.05, 0.1) is 12.6 Å². The molecular formula is C16H25N3O2. The number of ether oxygens (including phenoxy) is 1. The summed E-state index contributed by atoms with van der Waals surface area (Å²) in [5, 5.41) is 2.96. The van der Waals surface area contributed by atoms with Crippen LogP contribution in [0.1, 0.15) is 24.4 Å². The van der Waals surface area contributed by atoms with Crippen LogP contribution in [0.25, 0.3) is 0 Å². The normalized spacial score (nSPS) is 18.4. The molecule has 2 atom stereocenters. The molecule has 1 aliphatic heterocycles. The molecule has 5 nitrogen and oxygen atoms in total. The monoisotopic (exact) mass is 291 g/mol. The Labute approximate surface area is 126 Å². The van der Waals surface area contributed by atoms with Crippen molar-refractivity contribution in [3.8, 4) is 0 Å². The fraction of sp³-hybridized carbons (Fsp3) is 0.562. The highest BCUT2D eigenvalue weighted by molar-refractivity contribution is 5.81. The van der Waals surface area contributed by atoms with Crippen LogP contribution in [-0.4, -0.2) is 50.2 Å². The highest BCUT2D eigenvalue weighted by Gasteiger charge is 2.24. The van der Waals surface area contributed by atoms with E-state index >= 15 is 0 Å². The standard InChI is InChI=1S/C16H25N3O2/c1-21-12-14(17)16(20)18-11-15(19-9-5-6-10-19)13-7-3-2-4-8-13/h2-4,7-8,14-15H,5-6,9-12,17H2,1H3,(H,18,20). The van der Waals surface area contributed by atoms with Crippen molar-refractivity contribution in [3.05, 3.63) is 35.9 Å². The number of amides is 1. The van der Waals surface area contributed by atoms with Crippen LogP contribution in [0.2, 0.25) is 0 Å². The fourth-order valence-corrected chi connectivity index (χ4v) is 2.77. The number of carbonyl (C=O) groups is 1. The van der Waals surface area contributed by atoms with Crippen molar-refractivity contribution in [2.24, 2.45) is 5.73 Å². The highest BCUT2D eigenvalue weighted by Crippen LogP contribution is 2.24. The summed E-state index contributed by atoms with van der Waals surface area (Å²) >= 11 is 0. The molecule has 1 aromatic carbocycles.